The summed E-state index contributed by atoms with van der Waals surface area (Å²) in [6.45, 7) is 4.51. The van der Waals surface area contributed by atoms with Crippen molar-refractivity contribution in [2.24, 2.45) is 11.8 Å². The highest BCUT2D eigenvalue weighted by atomic mass is 79.9. The quantitative estimate of drug-likeness (QED) is 0.617. The normalized spacial score (nSPS) is 15.2. The molecular weight excluding hydrogens is 272 g/mol. The van der Waals surface area contributed by atoms with Gasteiger partial charge in [0.2, 0.25) is 0 Å². The fraction of sp³-hybridized carbons (Fsp3) is 0.636. The summed E-state index contributed by atoms with van der Waals surface area (Å²) in [5, 5.41) is 2.10. The molecule has 0 aliphatic rings. The Kier molecular flexibility index (Phi) is 5.82. The van der Waals surface area contributed by atoms with Crippen LogP contribution in [-0.4, -0.2) is 0 Å². The maximum absolute atomic E-state index is 5.60. The van der Waals surface area contributed by atoms with E-state index >= 15 is 0 Å². The molecule has 0 fully saturated rings. The largest absolute Gasteiger partial charge is 0.271 e. The van der Waals surface area contributed by atoms with Crippen LogP contribution in [0.2, 0.25) is 0 Å². The molecule has 2 nitrogen and oxygen atoms in total. The van der Waals surface area contributed by atoms with Crippen LogP contribution in [0, 0.1) is 5.92 Å². The van der Waals surface area contributed by atoms with Gasteiger partial charge in [-0.15, -0.1) is 11.3 Å². The first-order valence-corrected chi connectivity index (χ1v) is 7.04. The molecule has 2 unspecified atom stereocenters. The van der Waals surface area contributed by atoms with E-state index in [1.165, 1.54) is 17.7 Å². The van der Waals surface area contributed by atoms with E-state index in [-0.39, 0.29) is 0 Å². The lowest BCUT2D eigenvalue weighted by atomic mass is 9.97. The summed E-state index contributed by atoms with van der Waals surface area (Å²) >= 11 is 5.22. The monoisotopic (exact) mass is 290 g/mol. The van der Waals surface area contributed by atoms with E-state index < -0.39 is 0 Å². The Morgan fingerprint density at radius 3 is 2.80 bits per heavy atom. The molecule has 2 atom stereocenters. The number of nitrogens with one attached hydrogen (secondary N) is 1. The van der Waals surface area contributed by atoms with Crippen LogP contribution in [-0.2, 0) is 0 Å². The molecule has 0 aromatic carbocycles. The summed E-state index contributed by atoms with van der Waals surface area (Å²) in [6.07, 6.45) is 3.62. The highest BCUT2D eigenvalue weighted by Crippen LogP contribution is 2.30. The summed E-state index contributed by atoms with van der Waals surface area (Å²) in [5.74, 6) is 6.32. The lowest BCUT2D eigenvalue weighted by molar-refractivity contribution is 0.398. The second-order valence-corrected chi connectivity index (χ2v) is 5.87. The average Bonchev–Trinajstić information content (AvgIpc) is 2.61. The molecule has 1 aromatic rings. The van der Waals surface area contributed by atoms with Gasteiger partial charge in [0.1, 0.15) is 0 Å². The van der Waals surface area contributed by atoms with E-state index in [0.29, 0.717) is 6.04 Å². The molecule has 0 aliphatic carbocycles. The number of thiophene rings is 1. The van der Waals surface area contributed by atoms with Crippen LogP contribution in [0.15, 0.2) is 15.9 Å². The average molecular weight is 291 g/mol. The molecule has 0 saturated heterocycles. The Morgan fingerprint density at radius 1 is 1.60 bits per heavy atom. The molecule has 1 rings (SSSR count). The van der Waals surface area contributed by atoms with Gasteiger partial charge in [0, 0.05) is 14.7 Å². The zero-order chi connectivity index (χ0) is 11.3. The fourth-order valence-electron chi connectivity index (χ4n) is 1.79. The van der Waals surface area contributed by atoms with Crippen molar-refractivity contribution < 1.29 is 0 Å². The van der Waals surface area contributed by atoms with Gasteiger partial charge in [-0.1, -0.05) is 26.7 Å². The Bertz CT molecular complexity index is 288. The van der Waals surface area contributed by atoms with Crippen LogP contribution in [0.5, 0.6) is 0 Å². The Balaban J connectivity index is 2.56. The number of hydrogen-bond donors (Lipinski definition) is 2. The zero-order valence-corrected chi connectivity index (χ0v) is 11.7. The van der Waals surface area contributed by atoms with E-state index in [2.05, 4.69) is 46.6 Å². The van der Waals surface area contributed by atoms with Gasteiger partial charge >= 0.3 is 0 Å². The van der Waals surface area contributed by atoms with E-state index in [0.717, 1.165) is 16.8 Å². The molecular formula is C11H19BrN2S. The van der Waals surface area contributed by atoms with E-state index in [4.69, 9.17) is 5.84 Å². The molecule has 0 radical (unpaired) electrons. The molecule has 15 heavy (non-hydrogen) atoms. The number of nitrogens with two attached hydrogens (primary N) is 1. The first kappa shape index (κ1) is 13.2. The third-order valence-corrected chi connectivity index (χ3v) is 4.36. The Hall–Kier alpha value is 0.1000. The number of hydrazine groups is 1. The summed E-state index contributed by atoms with van der Waals surface area (Å²) in [7, 11) is 0. The second kappa shape index (κ2) is 6.63. The lowest BCUT2D eigenvalue weighted by Crippen LogP contribution is -2.28. The first-order valence-electron chi connectivity index (χ1n) is 5.37. The number of rotatable bonds is 6. The third-order valence-electron chi connectivity index (χ3n) is 2.55. The van der Waals surface area contributed by atoms with Gasteiger partial charge in [-0.25, -0.2) is 0 Å². The van der Waals surface area contributed by atoms with E-state index in [9.17, 15) is 0 Å². The van der Waals surface area contributed by atoms with Crippen molar-refractivity contribution in [2.45, 2.75) is 39.2 Å². The summed E-state index contributed by atoms with van der Waals surface area (Å²) in [6, 6.07) is 2.44. The van der Waals surface area contributed by atoms with Crippen molar-refractivity contribution in [2.75, 3.05) is 0 Å². The molecule has 3 N–H and O–H groups in total. The van der Waals surface area contributed by atoms with Crippen molar-refractivity contribution in [1.82, 2.24) is 5.43 Å². The molecule has 0 spiro atoms. The van der Waals surface area contributed by atoms with Crippen LogP contribution >= 0.6 is 27.3 Å². The van der Waals surface area contributed by atoms with Crippen molar-refractivity contribution in [3.63, 3.8) is 0 Å². The Labute approximate surface area is 104 Å². The smallest absolute Gasteiger partial charge is 0.0556 e. The van der Waals surface area contributed by atoms with Crippen molar-refractivity contribution in [1.29, 1.82) is 0 Å². The van der Waals surface area contributed by atoms with E-state index in [1.807, 2.05) is 0 Å². The lowest BCUT2D eigenvalue weighted by Gasteiger charge is -2.18. The molecule has 0 saturated carbocycles. The minimum absolute atomic E-state index is 0.294. The Morgan fingerprint density at radius 2 is 2.33 bits per heavy atom. The summed E-state index contributed by atoms with van der Waals surface area (Å²) in [5.41, 5.74) is 2.91. The van der Waals surface area contributed by atoms with Crippen molar-refractivity contribution in [3.8, 4) is 0 Å². The molecule has 0 aliphatic heterocycles. The van der Waals surface area contributed by atoms with Gasteiger partial charge < -0.3 is 0 Å². The molecule has 1 heterocycles. The molecule has 0 amide bonds. The first-order chi connectivity index (χ1) is 7.17. The number of hydrogen-bond acceptors (Lipinski definition) is 3. The zero-order valence-electron chi connectivity index (χ0n) is 9.29. The fourth-order valence-corrected chi connectivity index (χ4v) is 3.31. The van der Waals surface area contributed by atoms with E-state index in [1.54, 1.807) is 11.3 Å². The molecule has 4 heteroatoms. The van der Waals surface area contributed by atoms with Crippen LogP contribution in [0.4, 0.5) is 0 Å². The second-order valence-electron chi connectivity index (χ2n) is 4.02. The van der Waals surface area contributed by atoms with Crippen LogP contribution in [0.25, 0.3) is 0 Å². The van der Waals surface area contributed by atoms with Gasteiger partial charge in [0.05, 0.1) is 6.04 Å². The van der Waals surface area contributed by atoms with Gasteiger partial charge in [0.25, 0.3) is 0 Å². The van der Waals surface area contributed by atoms with Crippen LogP contribution in [0.3, 0.4) is 0 Å². The maximum atomic E-state index is 5.60. The molecule has 86 valence electrons. The predicted octanol–water partition coefficient (Wildman–Crippen LogP) is 3.84. The van der Waals surface area contributed by atoms with Crippen LogP contribution < -0.4 is 11.3 Å². The number of halogens is 1. The van der Waals surface area contributed by atoms with Gasteiger partial charge in [-0.05, 0) is 34.3 Å². The molecule has 0 bridgehead atoms. The topological polar surface area (TPSA) is 38.0 Å². The SMILES string of the molecule is CCCC(C)CC(NN)c1cc(Br)cs1. The van der Waals surface area contributed by atoms with Gasteiger partial charge in [-0.2, -0.15) is 0 Å². The standard InChI is InChI=1S/C11H19BrN2S/c1-3-4-8(2)5-10(14-13)11-6-9(12)7-15-11/h6-8,10,14H,3-5,13H2,1-2H3. The third kappa shape index (κ3) is 4.23. The highest BCUT2D eigenvalue weighted by molar-refractivity contribution is 9.10. The molecule has 1 aromatic heterocycles. The van der Waals surface area contributed by atoms with Crippen molar-refractivity contribution in [3.05, 3.63) is 20.8 Å². The minimum Gasteiger partial charge on any atom is -0.271 e. The van der Waals surface area contributed by atoms with Crippen molar-refractivity contribution >= 4 is 27.3 Å². The van der Waals surface area contributed by atoms with Crippen LogP contribution in [0.1, 0.15) is 44.0 Å². The highest BCUT2D eigenvalue weighted by Gasteiger charge is 2.15. The predicted molar refractivity (Wildman–Crippen MR) is 70.8 cm³/mol. The summed E-state index contributed by atoms with van der Waals surface area (Å²) < 4.78 is 1.14. The summed E-state index contributed by atoms with van der Waals surface area (Å²) in [4.78, 5) is 1.31. The van der Waals surface area contributed by atoms with Gasteiger partial charge in [0.15, 0.2) is 0 Å². The maximum Gasteiger partial charge on any atom is 0.0556 e. The van der Waals surface area contributed by atoms with Gasteiger partial charge in [-0.3, -0.25) is 11.3 Å². The minimum atomic E-state index is 0.294.